The van der Waals surface area contributed by atoms with Gasteiger partial charge in [0.15, 0.2) is 5.79 Å². The summed E-state index contributed by atoms with van der Waals surface area (Å²) >= 11 is 0. The number of hydrogen-bond donors (Lipinski definition) is 2. The molecule has 0 unspecified atom stereocenters. The second-order valence-corrected chi connectivity index (χ2v) is 8.70. The molecule has 2 N–H and O–H groups in total. The summed E-state index contributed by atoms with van der Waals surface area (Å²) in [5.41, 5.74) is 4.43. The Labute approximate surface area is 184 Å². The molecular formula is C25H34O6. The largest absolute Gasteiger partial charge is 0.388 e. The lowest BCUT2D eigenvalue weighted by molar-refractivity contribution is -0.165. The average molecular weight is 431 g/mol. The predicted octanol–water partition coefficient (Wildman–Crippen LogP) is 3.28. The van der Waals surface area contributed by atoms with Gasteiger partial charge >= 0.3 is 0 Å². The topological polar surface area (TPSA) is 77.4 Å². The monoisotopic (exact) mass is 430 g/mol. The van der Waals surface area contributed by atoms with Crippen molar-refractivity contribution in [1.82, 2.24) is 0 Å². The molecule has 1 saturated heterocycles. The molecule has 4 atom stereocenters. The first-order chi connectivity index (χ1) is 14.7. The summed E-state index contributed by atoms with van der Waals surface area (Å²) in [6, 6.07) is 16.1. The van der Waals surface area contributed by atoms with Crippen molar-refractivity contribution >= 4 is 0 Å². The molecule has 1 aliphatic rings. The Balaban J connectivity index is 1.50. The molecule has 0 aliphatic carbocycles. The van der Waals surface area contributed by atoms with Crippen LogP contribution in [0.4, 0.5) is 0 Å². The Hall–Kier alpha value is -1.80. The van der Waals surface area contributed by atoms with Crippen LogP contribution in [-0.4, -0.2) is 53.6 Å². The summed E-state index contributed by atoms with van der Waals surface area (Å²) in [5, 5.41) is 21.3. The van der Waals surface area contributed by atoms with E-state index < -0.39 is 30.2 Å². The van der Waals surface area contributed by atoms with Gasteiger partial charge in [0.25, 0.3) is 0 Å². The Morgan fingerprint density at radius 3 is 1.45 bits per heavy atom. The van der Waals surface area contributed by atoms with E-state index in [1.165, 1.54) is 11.1 Å². The first kappa shape index (κ1) is 23.9. The lowest BCUT2D eigenvalue weighted by Crippen LogP contribution is -2.45. The lowest BCUT2D eigenvalue weighted by atomic mass is 10.0. The van der Waals surface area contributed by atoms with E-state index in [4.69, 9.17) is 18.9 Å². The summed E-state index contributed by atoms with van der Waals surface area (Å²) in [6.07, 6.45) is -3.31. The molecule has 1 aliphatic heterocycles. The fraction of sp³-hybridized carbons (Fsp3) is 0.520. The van der Waals surface area contributed by atoms with E-state index in [2.05, 4.69) is 0 Å². The minimum atomic E-state index is -0.941. The van der Waals surface area contributed by atoms with E-state index in [-0.39, 0.29) is 13.2 Å². The summed E-state index contributed by atoms with van der Waals surface area (Å²) in [5.74, 6) is -0.912. The van der Waals surface area contributed by atoms with Crippen molar-refractivity contribution in [3.05, 3.63) is 70.8 Å². The number of benzene rings is 2. The van der Waals surface area contributed by atoms with Crippen molar-refractivity contribution in [1.29, 1.82) is 0 Å². The van der Waals surface area contributed by atoms with Gasteiger partial charge in [-0.2, -0.15) is 0 Å². The van der Waals surface area contributed by atoms with E-state index >= 15 is 0 Å². The molecule has 31 heavy (non-hydrogen) atoms. The lowest BCUT2D eigenvalue weighted by Gasteiger charge is -2.25. The van der Waals surface area contributed by atoms with Gasteiger partial charge in [0.2, 0.25) is 0 Å². The molecule has 0 radical (unpaired) electrons. The number of rotatable bonds is 10. The van der Waals surface area contributed by atoms with E-state index in [1.54, 1.807) is 13.8 Å². The first-order valence-corrected chi connectivity index (χ1v) is 10.7. The van der Waals surface area contributed by atoms with Crippen LogP contribution in [0.3, 0.4) is 0 Å². The van der Waals surface area contributed by atoms with Gasteiger partial charge in [-0.3, -0.25) is 0 Å². The van der Waals surface area contributed by atoms with Gasteiger partial charge in [-0.25, -0.2) is 0 Å². The molecule has 2 aromatic carbocycles. The van der Waals surface area contributed by atoms with Crippen molar-refractivity contribution < 1.29 is 29.2 Å². The molecule has 1 fully saturated rings. The van der Waals surface area contributed by atoms with Crippen LogP contribution in [0.25, 0.3) is 0 Å². The van der Waals surface area contributed by atoms with E-state index in [0.29, 0.717) is 13.2 Å². The van der Waals surface area contributed by atoms with E-state index in [9.17, 15) is 10.2 Å². The van der Waals surface area contributed by atoms with E-state index in [1.807, 2.05) is 62.4 Å². The van der Waals surface area contributed by atoms with Crippen molar-refractivity contribution in [2.75, 3.05) is 13.2 Å². The molecule has 0 saturated carbocycles. The maximum Gasteiger partial charge on any atom is 0.164 e. The molecule has 1 heterocycles. The standard InChI is InChI=1S/C25H34O6/c1-17-5-9-19(10-6-17)13-28-15-21(26)23-24(31-25(3,4)30-23)22(27)16-29-14-20-11-7-18(2)8-12-20/h5-12,21-24,26-27H,13-16H2,1-4H3/t21-,22-,23-,24-/m1/s1. The van der Waals surface area contributed by atoms with Crippen LogP contribution in [0.15, 0.2) is 48.5 Å². The molecular weight excluding hydrogens is 396 g/mol. The Kier molecular flexibility index (Phi) is 8.22. The third kappa shape index (κ3) is 7.10. The number of ether oxygens (including phenoxy) is 4. The summed E-state index contributed by atoms with van der Waals surface area (Å²) in [4.78, 5) is 0. The molecule has 0 aromatic heterocycles. The highest BCUT2D eigenvalue weighted by atomic mass is 16.8. The van der Waals surface area contributed by atoms with Crippen LogP contribution in [0.1, 0.15) is 36.1 Å². The zero-order valence-electron chi connectivity index (χ0n) is 18.8. The molecule has 2 aromatic rings. The number of aryl methyl sites for hydroxylation is 2. The molecule has 0 amide bonds. The highest BCUT2D eigenvalue weighted by molar-refractivity contribution is 5.21. The van der Waals surface area contributed by atoms with Crippen molar-refractivity contribution in [3.8, 4) is 0 Å². The van der Waals surface area contributed by atoms with Gasteiger partial charge in [-0.15, -0.1) is 0 Å². The second kappa shape index (κ2) is 10.7. The van der Waals surface area contributed by atoms with Crippen LogP contribution in [-0.2, 0) is 32.2 Å². The normalized spacial score (nSPS) is 22.4. The molecule has 0 spiro atoms. The average Bonchev–Trinajstić information content (AvgIpc) is 3.06. The molecule has 6 nitrogen and oxygen atoms in total. The fourth-order valence-electron chi connectivity index (χ4n) is 3.57. The van der Waals surface area contributed by atoms with Crippen LogP contribution in [0.2, 0.25) is 0 Å². The summed E-state index contributed by atoms with van der Waals surface area (Å²) in [6.45, 7) is 8.52. The number of hydrogen-bond acceptors (Lipinski definition) is 6. The van der Waals surface area contributed by atoms with Crippen LogP contribution >= 0.6 is 0 Å². The molecule has 0 bridgehead atoms. The Bertz CT molecular complexity index is 734. The van der Waals surface area contributed by atoms with Gasteiger partial charge in [0.1, 0.15) is 24.4 Å². The third-order valence-corrected chi connectivity index (χ3v) is 5.28. The maximum absolute atomic E-state index is 10.7. The summed E-state index contributed by atoms with van der Waals surface area (Å²) < 4.78 is 23.1. The first-order valence-electron chi connectivity index (χ1n) is 10.7. The quantitative estimate of drug-likeness (QED) is 0.602. The van der Waals surface area contributed by atoms with Crippen LogP contribution < -0.4 is 0 Å². The smallest absolute Gasteiger partial charge is 0.164 e. The van der Waals surface area contributed by atoms with Crippen LogP contribution in [0.5, 0.6) is 0 Å². The van der Waals surface area contributed by atoms with Crippen LogP contribution in [0, 0.1) is 13.8 Å². The third-order valence-electron chi connectivity index (χ3n) is 5.28. The molecule has 6 heteroatoms. The Morgan fingerprint density at radius 2 is 1.10 bits per heavy atom. The Morgan fingerprint density at radius 1 is 0.742 bits per heavy atom. The van der Waals surface area contributed by atoms with Gasteiger partial charge in [0.05, 0.1) is 26.4 Å². The second-order valence-electron chi connectivity index (χ2n) is 8.70. The highest BCUT2D eigenvalue weighted by Crippen LogP contribution is 2.32. The SMILES string of the molecule is Cc1ccc(COC[C@@H](O)[C@H]2OC(C)(C)O[C@@H]2[C@H](O)COCc2ccc(C)cc2)cc1. The number of aliphatic hydroxyl groups is 2. The van der Waals surface area contributed by atoms with Gasteiger partial charge in [0, 0.05) is 0 Å². The predicted molar refractivity (Wildman–Crippen MR) is 118 cm³/mol. The zero-order chi connectivity index (χ0) is 22.4. The zero-order valence-corrected chi connectivity index (χ0v) is 18.8. The van der Waals surface area contributed by atoms with Gasteiger partial charge < -0.3 is 29.2 Å². The van der Waals surface area contributed by atoms with Gasteiger partial charge in [-0.1, -0.05) is 59.7 Å². The fourth-order valence-corrected chi connectivity index (χ4v) is 3.57. The van der Waals surface area contributed by atoms with Crippen molar-refractivity contribution in [2.24, 2.45) is 0 Å². The van der Waals surface area contributed by atoms with Crippen molar-refractivity contribution in [3.63, 3.8) is 0 Å². The van der Waals surface area contributed by atoms with Gasteiger partial charge in [-0.05, 0) is 38.8 Å². The molecule has 170 valence electrons. The minimum absolute atomic E-state index is 0.0748. The number of aliphatic hydroxyl groups excluding tert-OH is 2. The minimum Gasteiger partial charge on any atom is -0.388 e. The highest BCUT2D eigenvalue weighted by Gasteiger charge is 2.48. The maximum atomic E-state index is 10.7. The summed E-state index contributed by atoms with van der Waals surface area (Å²) in [7, 11) is 0. The van der Waals surface area contributed by atoms with E-state index in [0.717, 1.165) is 11.1 Å². The molecule has 3 rings (SSSR count). The van der Waals surface area contributed by atoms with Crippen molar-refractivity contribution in [2.45, 2.75) is 71.1 Å².